The van der Waals surface area contributed by atoms with E-state index >= 15 is 0 Å². The molecule has 4 heteroatoms. The molecule has 2 heterocycles. The van der Waals surface area contributed by atoms with Crippen LogP contribution < -0.4 is 5.73 Å². The fourth-order valence-corrected chi connectivity index (χ4v) is 4.16. The Balaban J connectivity index is 1.82. The first kappa shape index (κ1) is 12.0. The van der Waals surface area contributed by atoms with E-state index in [4.69, 9.17) is 5.73 Å². The second-order valence-corrected chi connectivity index (χ2v) is 6.80. The van der Waals surface area contributed by atoms with E-state index in [1.54, 1.807) is 0 Å². The van der Waals surface area contributed by atoms with Gasteiger partial charge < -0.3 is 10.6 Å². The summed E-state index contributed by atoms with van der Waals surface area (Å²) in [6.07, 6.45) is 5.15. The summed E-state index contributed by atoms with van der Waals surface area (Å²) in [4.78, 5) is 8.29. The molecule has 18 heavy (non-hydrogen) atoms. The first-order chi connectivity index (χ1) is 8.70. The Morgan fingerprint density at radius 3 is 3.22 bits per heavy atom. The fraction of sp³-hybridized carbons (Fsp3) is 0.643. The first-order valence-corrected chi connectivity index (χ1v) is 7.67. The molecular weight excluding hydrogens is 242 g/mol. The largest absolute Gasteiger partial charge is 0.370 e. The Hall–Kier alpha value is -1.03. The summed E-state index contributed by atoms with van der Waals surface area (Å²) < 4.78 is 0. The van der Waals surface area contributed by atoms with Crippen molar-refractivity contribution < 1.29 is 0 Å². The fourth-order valence-electron chi connectivity index (χ4n) is 3.47. The maximum absolute atomic E-state index is 6.13. The Kier molecular flexibility index (Phi) is 3.06. The predicted molar refractivity (Wildman–Crippen MR) is 76.7 cm³/mol. The van der Waals surface area contributed by atoms with Gasteiger partial charge in [0.25, 0.3) is 0 Å². The van der Waals surface area contributed by atoms with Crippen LogP contribution in [0.2, 0.25) is 0 Å². The lowest BCUT2D eigenvalue weighted by molar-refractivity contribution is 0.109. The maximum atomic E-state index is 6.13. The molecule has 3 rings (SSSR count). The van der Waals surface area contributed by atoms with Crippen LogP contribution >= 0.6 is 11.3 Å². The van der Waals surface area contributed by atoms with Crippen molar-refractivity contribution in [1.29, 1.82) is 0 Å². The molecule has 1 aromatic heterocycles. The number of hydrogen-bond donors (Lipinski definition) is 1. The zero-order valence-corrected chi connectivity index (χ0v) is 11.7. The van der Waals surface area contributed by atoms with E-state index in [1.165, 1.54) is 30.6 Å². The molecule has 0 amide bonds. The lowest BCUT2D eigenvalue weighted by Gasteiger charge is -2.44. The minimum atomic E-state index is 0.214. The second-order valence-electron chi connectivity index (χ2n) is 5.77. The number of thiophene rings is 1. The van der Waals surface area contributed by atoms with E-state index in [9.17, 15) is 0 Å². The van der Waals surface area contributed by atoms with Crippen LogP contribution in [0.25, 0.3) is 0 Å². The van der Waals surface area contributed by atoms with Crippen LogP contribution in [-0.4, -0.2) is 22.9 Å². The summed E-state index contributed by atoms with van der Waals surface area (Å²) in [6.45, 7) is 4.19. The molecule has 2 aliphatic rings. The Morgan fingerprint density at radius 1 is 1.61 bits per heavy atom. The Bertz CT molecular complexity index is 440. The predicted octanol–water partition coefficient (Wildman–Crippen LogP) is 2.83. The molecule has 1 aliphatic carbocycles. The maximum Gasteiger partial charge on any atom is 0.192 e. The van der Waals surface area contributed by atoms with Gasteiger partial charge in [0.1, 0.15) is 0 Å². The van der Waals surface area contributed by atoms with Gasteiger partial charge in [-0.2, -0.15) is 0 Å². The summed E-state index contributed by atoms with van der Waals surface area (Å²) in [7, 11) is 0. The molecule has 0 aromatic carbocycles. The highest BCUT2D eigenvalue weighted by atomic mass is 32.1. The zero-order chi connectivity index (χ0) is 12.6. The number of guanidine groups is 1. The van der Waals surface area contributed by atoms with Crippen LogP contribution in [-0.2, 0) is 6.54 Å². The number of aliphatic imine (C=N–C) groups is 1. The second kappa shape index (κ2) is 4.57. The van der Waals surface area contributed by atoms with Crippen LogP contribution in [0.5, 0.6) is 0 Å². The van der Waals surface area contributed by atoms with Gasteiger partial charge in [-0.1, -0.05) is 25.8 Å². The third-order valence-corrected chi connectivity index (χ3v) is 5.21. The van der Waals surface area contributed by atoms with Gasteiger partial charge in [0.15, 0.2) is 5.96 Å². The molecule has 1 spiro atoms. The van der Waals surface area contributed by atoms with Crippen molar-refractivity contribution in [3.63, 3.8) is 0 Å². The number of rotatable bonds is 2. The molecule has 1 aromatic rings. The number of nitrogens with zero attached hydrogens (tertiary/aromatic N) is 2. The highest BCUT2D eigenvalue weighted by Crippen LogP contribution is 2.40. The summed E-state index contributed by atoms with van der Waals surface area (Å²) in [5.74, 6) is 1.54. The summed E-state index contributed by atoms with van der Waals surface area (Å²) in [5.41, 5.74) is 6.34. The molecule has 2 atom stereocenters. The van der Waals surface area contributed by atoms with E-state index in [2.05, 4.69) is 34.3 Å². The van der Waals surface area contributed by atoms with Gasteiger partial charge >= 0.3 is 0 Å². The Morgan fingerprint density at radius 2 is 2.50 bits per heavy atom. The van der Waals surface area contributed by atoms with E-state index in [0.717, 1.165) is 25.0 Å². The lowest BCUT2D eigenvalue weighted by atomic mass is 9.76. The van der Waals surface area contributed by atoms with Gasteiger partial charge in [0.05, 0.1) is 18.6 Å². The average molecular weight is 263 g/mol. The molecule has 0 saturated heterocycles. The van der Waals surface area contributed by atoms with Gasteiger partial charge in [-0.3, -0.25) is 4.99 Å². The van der Waals surface area contributed by atoms with Crippen molar-refractivity contribution in [1.82, 2.24) is 4.90 Å². The summed E-state index contributed by atoms with van der Waals surface area (Å²) in [6, 6.07) is 4.30. The van der Waals surface area contributed by atoms with Crippen LogP contribution in [0.3, 0.4) is 0 Å². The minimum absolute atomic E-state index is 0.214. The van der Waals surface area contributed by atoms with Crippen LogP contribution in [0, 0.1) is 5.92 Å². The normalized spacial score (nSPS) is 31.9. The molecule has 2 N–H and O–H groups in total. The molecule has 98 valence electrons. The standard InChI is InChI=1S/C14H21N3S/c1-11-4-2-6-14(8-11)10-16-13(15)17(14)9-12-5-3-7-18-12/h3,5,7,11H,2,4,6,8-10H2,1H3,(H2,15,16). The van der Waals surface area contributed by atoms with Crippen LogP contribution in [0.4, 0.5) is 0 Å². The topological polar surface area (TPSA) is 41.6 Å². The lowest BCUT2D eigenvalue weighted by Crippen LogP contribution is -2.53. The van der Waals surface area contributed by atoms with Crippen molar-refractivity contribution in [3.8, 4) is 0 Å². The quantitative estimate of drug-likeness (QED) is 0.891. The number of hydrogen-bond acceptors (Lipinski definition) is 4. The first-order valence-electron chi connectivity index (χ1n) is 6.80. The van der Waals surface area contributed by atoms with E-state index in [0.29, 0.717) is 0 Å². The van der Waals surface area contributed by atoms with Gasteiger partial charge in [0, 0.05) is 4.88 Å². The molecule has 0 radical (unpaired) electrons. The molecular formula is C14H21N3S. The van der Waals surface area contributed by atoms with Gasteiger partial charge in [0.2, 0.25) is 0 Å². The minimum Gasteiger partial charge on any atom is -0.370 e. The molecule has 3 nitrogen and oxygen atoms in total. The molecule has 2 unspecified atom stereocenters. The van der Waals surface area contributed by atoms with Crippen molar-refractivity contribution in [2.45, 2.75) is 44.7 Å². The zero-order valence-electron chi connectivity index (χ0n) is 10.9. The SMILES string of the molecule is CC1CCCC2(CN=C(N)N2Cc2cccs2)C1. The van der Waals surface area contributed by atoms with E-state index < -0.39 is 0 Å². The molecule has 1 saturated carbocycles. The molecule has 1 fully saturated rings. The van der Waals surface area contributed by atoms with Crippen molar-refractivity contribution in [2.24, 2.45) is 16.6 Å². The average Bonchev–Trinajstić information content (AvgIpc) is 2.94. The highest BCUT2D eigenvalue weighted by molar-refractivity contribution is 7.09. The van der Waals surface area contributed by atoms with Crippen molar-refractivity contribution in [2.75, 3.05) is 6.54 Å². The third kappa shape index (κ3) is 2.03. The van der Waals surface area contributed by atoms with E-state index in [1.807, 2.05) is 11.3 Å². The molecule has 1 aliphatic heterocycles. The molecule has 0 bridgehead atoms. The van der Waals surface area contributed by atoms with Gasteiger partial charge in [-0.15, -0.1) is 11.3 Å². The van der Waals surface area contributed by atoms with Gasteiger partial charge in [-0.05, 0) is 30.2 Å². The monoisotopic (exact) mass is 263 g/mol. The Labute approximate surface area is 113 Å². The van der Waals surface area contributed by atoms with E-state index in [-0.39, 0.29) is 5.54 Å². The highest BCUT2D eigenvalue weighted by Gasteiger charge is 2.44. The van der Waals surface area contributed by atoms with Crippen LogP contribution in [0.1, 0.15) is 37.5 Å². The van der Waals surface area contributed by atoms with Crippen LogP contribution in [0.15, 0.2) is 22.5 Å². The summed E-state index contributed by atoms with van der Waals surface area (Å²) in [5, 5.41) is 2.13. The van der Waals surface area contributed by atoms with Crippen molar-refractivity contribution in [3.05, 3.63) is 22.4 Å². The summed E-state index contributed by atoms with van der Waals surface area (Å²) >= 11 is 1.81. The smallest absolute Gasteiger partial charge is 0.192 e. The van der Waals surface area contributed by atoms with Crippen molar-refractivity contribution >= 4 is 17.3 Å². The van der Waals surface area contributed by atoms with Gasteiger partial charge in [-0.25, -0.2) is 0 Å². The number of nitrogens with two attached hydrogens (primary N) is 1. The third-order valence-electron chi connectivity index (χ3n) is 4.35.